The van der Waals surface area contributed by atoms with E-state index in [2.05, 4.69) is 24.0 Å². The van der Waals surface area contributed by atoms with E-state index in [1.807, 2.05) is 11.0 Å². The van der Waals surface area contributed by atoms with E-state index in [4.69, 9.17) is 4.74 Å². The van der Waals surface area contributed by atoms with Crippen molar-refractivity contribution in [2.45, 2.75) is 153 Å². The fraction of sp³-hybridized carbons (Fsp3) is 0.810. The van der Waals surface area contributed by atoms with Crippen LogP contribution in [0.1, 0.15) is 140 Å². The van der Waals surface area contributed by atoms with Gasteiger partial charge in [-0.25, -0.2) is 4.79 Å². The number of alkyl halides is 5. The van der Waals surface area contributed by atoms with E-state index in [1.165, 1.54) is 37.1 Å². The minimum atomic E-state index is -5.56. The molecule has 1 aromatic rings. The number of unbranched alkanes of at least 4 members (excludes halogenated alkanes) is 6. The van der Waals surface area contributed by atoms with Crippen LogP contribution in [0.3, 0.4) is 0 Å². The monoisotopic (exact) mass is 784 g/mol. The van der Waals surface area contributed by atoms with Crippen LogP contribution in [0.15, 0.2) is 18.2 Å². The summed E-state index contributed by atoms with van der Waals surface area (Å²) < 4.78 is 81.2. The number of rotatable bonds is 16. The molecule has 0 aromatic heterocycles. The van der Waals surface area contributed by atoms with Gasteiger partial charge in [0.25, 0.3) is 0 Å². The van der Waals surface area contributed by atoms with Gasteiger partial charge in [-0.3, -0.25) is 4.79 Å². The highest BCUT2D eigenvalue weighted by molar-refractivity contribution is 7.91. The van der Waals surface area contributed by atoms with Crippen molar-refractivity contribution in [3.8, 4) is 5.75 Å². The quantitative estimate of drug-likeness (QED) is 0.0948. The van der Waals surface area contributed by atoms with Crippen LogP contribution in [-0.2, 0) is 22.4 Å². The number of Topliss-reactive ketones (excluding diaryl/α,β-unsaturated/α-hetero) is 1. The molecule has 0 radical (unpaired) electrons. The van der Waals surface area contributed by atoms with Crippen molar-refractivity contribution in [2.24, 2.45) is 23.2 Å². The molecule has 2 saturated heterocycles. The molecular formula is C42H61F5N2O4S. The molecule has 2 aliphatic heterocycles. The summed E-state index contributed by atoms with van der Waals surface area (Å²) in [5, 5.41) is 0. The zero-order valence-corrected chi connectivity index (χ0v) is 32.9. The number of piperidine rings is 1. The minimum absolute atomic E-state index is 0.127. The Morgan fingerprint density at radius 1 is 0.907 bits per heavy atom. The number of hydrogen-bond acceptors (Lipinski definition) is 5. The first-order valence-corrected chi connectivity index (χ1v) is 22.4. The molecule has 2 saturated carbocycles. The lowest BCUT2D eigenvalue weighted by Gasteiger charge is -2.51. The molecule has 1 aromatic carbocycles. The van der Waals surface area contributed by atoms with Gasteiger partial charge in [0.1, 0.15) is 23.0 Å². The molecule has 6 nitrogen and oxygen atoms in total. The molecule has 0 spiro atoms. The second-order valence-corrected chi connectivity index (χ2v) is 19.0. The first kappa shape index (κ1) is 41.7. The van der Waals surface area contributed by atoms with Gasteiger partial charge in [-0.1, -0.05) is 56.3 Å². The summed E-state index contributed by atoms with van der Waals surface area (Å²) >= 11 is -1.38. The Hall–Kier alpha value is -1.92. The molecule has 1 unspecified atom stereocenters. The molecule has 6 rings (SSSR count). The average Bonchev–Trinajstić information content (AvgIpc) is 3.78. The second kappa shape index (κ2) is 18.1. The predicted octanol–water partition coefficient (Wildman–Crippen LogP) is 10.2. The Morgan fingerprint density at radius 3 is 2.28 bits per heavy atom. The predicted molar refractivity (Wildman–Crippen MR) is 201 cm³/mol. The van der Waals surface area contributed by atoms with Crippen LogP contribution >= 0.6 is 0 Å². The summed E-state index contributed by atoms with van der Waals surface area (Å²) in [5.41, 5.74) is 2.45. The van der Waals surface area contributed by atoms with Gasteiger partial charge < -0.3 is 19.1 Å². The Labute approximate surface area is 321 Å². The molecule has 3 aliphatic carbocycles. The normalized spacial score (nSPS) is 28.5. The van der Waals surface area contributed by atoms with Gasteiger partial charge in [0.05, 0.1) is 0 Å². The third-order valence-electron chi connectivity index (χ3n) is 13.9. The molecule has 54 heavy (non-hydrogen) atoms. The maximum Gasteiger partial charge on any atom is 0.453 e. The van der Waals surface area contributed by atoms with Crippen LogP contribution in [0.25, 0.3) is 0 Å². The van der Waals surface area contributed by atoms with E-state index in [-0.39, 0.29) is 17.3 Å². The van der Waals surface area contributed by atoms with E-state index < -0.39 is 36.1 Å². The Bertz CT molecular complexity index is 1420. The number of fused-ring (bicyclic) bond motifs is 5. The van der Waals surface area contributed by atoms with Crippen LogP contribution in [-0.4, -0.2) is 82.1 Å². The lowest BCUT2D eigenvalue weighted by atomic mass is 9.52. The minimum Gasteiger partial charge on any atom is -0.616 e. The number of likely N-dealkylation sites (tertiary alicyclic amines) is 2. The van der Waals surface area contributed by atoms with Crippen LogP contribution in [0.5, 0.6) is 5.75 Å². The van der Waals surface area contributed by atoms with Crippen LogP contribution < -0.4 is 4.74 Å². The van der Waals surface area contributed by atoms with Crippen LogP contribution in [0.2, 0.25) is 0 Å². The van der Waals surface area contributed by atoms with Crippen molar-refractivity contribution in [1.82, 2.24) is 9.80 Å². The number of hydrogen-bond donors (Lipinski definition) is 0. The summed E-state index contributed by atoms with van der Waals surface area (Å²) in [7, 11) is 0. The van der Waals surface area contributed by atoms with Gasteiger partial charge in [-0.15, -0.1) is 0 Å². The number of ketones is 1. The average molecular weight is 785 g/mol. The SMILES string of the molecule is C[C@]12CC[C@@H]3c4ccc(OC(=O)N5CCC(N6CCCC6)CC5)cc4C[C@@H](CCCCCCCCC[S+]([O-])CCCC(F)(F)C(F)(F)F)[C@H]3[C@@H]1CCC2=O. The second-order valence-electron chi connectivity index (χ2n) is 17.3. The molecule has 2 heterocycles. The topological polar surface area (TPSA) is 72.9 Å². The number of nitrogens with zero attached hydrogens (tertiary/aromatic N) is 2. The number of amides is 1. The van der Waals surface area contributed by atoms with Crippen molar-refractivity contribution in [2.75, 3.05) is 37.7 Å². The van der Waals surface area contributed by atoms with Gasteiger partial charge in [-0.05, 0) is 137 Å². The van der Waals surface area contributed by atoms with Gasteiger partial charge in [-0.2, -0.15) is 22.0 Å². The summed E-state index contributed by atoms with van der Waals surface area (Å²) in [6.07, 6.45) is 9.56. The summed E-state index contributed by atoms with van der Waals surface area (Å²) in [5.74, 6) is -1.67. The van der Waals surface area contributed by atoms with E-state index >= 15 is 0 Å². The lowest BCUT2D eigenvalue weighted by molar-refractivity contribution is -0.284. The van der Waals surface area contributed by atoms with E-state index in [9.17, 15) is 36.1 Å². The number of halogens is 5. The third kappa shape index (κ3) is 9.78. The lowest BCUT2D eigenvalue weighted by Crippen LogP contribution is -2.46. The maximum atomic E-state index is 13.2. The molecule has 0 N–H and O–H groups in total. The van der Waals surface area contributed by atoms with Gasteiger partial charge in [0, 0.05) is 37.4 Å². The molecule has 4 fully saturated rings. The Morgan fingerprint density at radius 2 is 1.57 bits per heavy atom. The van der Waals surface area contributed by atoms with Crippen molar-refractivity contribution >= 4 is 23.1 Å². The molecule has 304 valence electrons. The highest BCUT2D eigenvalue weighted by atomic mass is 32.2. The molecule has 5 aliphatic rings. The Kier molecular flexibility index (Phi) is 14.0. The van der Waals surface area contributed by atoms with E-state index in [0.29, 0.717) is 59.8 Å². The largest absolute Gasteiger partial charge is 0.616 e. The smallest absolute Gasteiger partial charge is 0.453 e. The Balaban J connectivity index is 0.960. The highest BCUT2D eigenvalue weighted by Gasteiger charge is 2.57. The number of carbonyl (C=O) groups excluding carboxylic acids is 2. The van der Waals surface area contributed by atoms with Crippen molar-refractivity contribution in [3.63, 3.8) is 0 Å². The first-order valence-electron chi connectivity index (χ1n) is 20.9. The van der Waals surface area contributed by atoms with Crippen molar-refractivity contribution < 1.29 is 40.8 Å². The zero-order chi connectivity index (χ0) is 38.5. The summed E-state index contributed by atoms with van der Waals surface area (Å²) in [4.78, 5) is 30.8. The van der Waals surface area contributed by atoms with Crippen LogP contribution in [0, 0.1) is 23.2 Å². The van der Waals surface area contributed by atoms with E-state index in [0.717, 1.165) is 96.6 Å². The molecule has 0 bridgehead atoms. The van der Waals surface area contributed by atoms with Crippen LogP contribution in [0.4, 0.5) is 26.7 Å². The van der Waals surface area contributed by atoms with Gasteiger partial charge in [0.15, 0.2) is 0 Å². The van der Waals surface area contributed by atoms with Crippen molar-refractivity contribution in [3.05, 3.63) is 29.3 Å². The number of carbonyl (C=O) groups is 2. The standard InChI is InChI=1S/C42H61F5N2O4S/c1-40-21-17-35-34-14-13-33(53-39(51)49-24-18-32(19-25-49)48-22-8-9-23-48)29-31(34)28-30(38(35)36(40)15-16-37(40)50)12-7-5-3-2-4-6-10-26-54(52)27-11-20-41(43,44)42(45,46)47/h13-14,29-30,32,35-36,38H,2-12,15-28H2,1H3/t30-,35-,36+,38-,40+,54?/m1/s1. The molecule has 6 atom stereocenters. The van der Waals surface area contributed by atoms with Gasteiger partial charge >= 0.3 is 18.2 Å². The zero-order valence-electron chi connectivity index (χ0n) is 32.1. The van der Waals surface area contributed by atoms with Crippen molar-refractivity contribution in [1.29, 1.82) is 0 Å². The number of ether oxygens (including phenoxy) is 1. The number of benzene rings is 1. The fourth-order valence-electron chi connectivity index (χ4n) is 10.8. The molecule has 1 amide bonds. The third-order valence-corrected chi connectivity index (χ3v) is 15.4. The van der Waals surface area contributed by atoms with E-state index in [1.54, 1.807) is 0 Å². The summed E-state index contributed by atoms with van der Waals surface area (Å²) in [6, 6.07) is 6.88. The molecular weight excluding hydrogens is 724 g/mol. The summed E-state index contributed by atoms with van der Waals surface area (Å²) in [6.45, 7) is 6.04. The highest BCUT2D eigenvalue weighted by Crippen LogP contribution is 2.61. The first-order chi connectivity index (χ1) is 25.8. The molecule has 12 heteroatoms. The fourth-order valence-corrected chi connectivity index (χ4v) is 12.0. The van der Waals surface area contributed by atoms with Gasteiger partial charge in [0.2, 0.25) is 0 Å². The maximum absolute atomic E-state index is 13.2.